The van der Waals surface area contributed by atoms with Crippen LogP contribution in [0.1, 0.15) is 73.6 Å². The Bertz CT molecular complexity index is 899. The molecule has 0 bridgehead atoms. The van der Waals surface area contributed by atoms with E-state index in [1.165, 1.54) is 47.9 Å². The monoisotopic (exact) mass is 445 g/mol. The zero-order chi connectivity index (χ0) is 23.6. The summed E-state index contributed by atoms with van der Waals surface area (Å²) in [6.45, 7) is 6.66. The molecule has 0 saturated carbocycles. The number of benzene rings is 2. The van der Waals surface area contributed by atoms with Crippen molar-refractivity contribution in [3.63, 3.8) is 0 Å². The minimum atomic E-state index is 0.460. The van der Waals surface area contributed by atoms with Crippen molar-refractivity contribution in [2.75, 3.05) is 6.54 Å². The lowest BCUT2D eigenvalue weighted by molar-refractivity contribution is 0.308. The molecule has 2 aromatic carbocycles. The molecule has 2 aromatic rings. The fourth-order valence-electron chi connectivity index (χ4n) is 5.22. The van der Waals surface area contributed by atoms with Crippen LogP contribution in [0.15, 0.2) is 72.8 Å². The van der Waals surface area contributed by atoms with Gasteiger partial charge in [0.15, 0.2) is 0 Å². The summed E-state index contributed by atoms with van der Waals surface area (Å²) in [5.74, 6) is 2.69. The summed E-state index contributed by atoms with van der Waals surface area (Å²) in [5.41, 5.74) is 23.0. The van der Waals surface area contributed by atoms with Crippen molar-refractivity contribution in [1.29, 1.82) is 0 Å². The summed E-state index contributed by atoms with van der Waals surface area (Å²) >= 11 is 0. The zero-order valence-corrected chi connectivity index (χ0v) is 20.5. The molecule has 6 N–H and O–H groups in total. The van der Waals surface area contributed by atoms with Gasteiger partial charge in [-0.1, -0.05) is 86.7 Å². The second-order valence-electron chi connectivity index (χ2n) is 9.87. The molecule has 3 heteroatoms. The van der Waals surface area contributed by atoms with Crippen LogP contribution in [0.3, 0.4) is 0 Å². The number of rotatable bonds is 12. The Morgan fingerprint density at radius 1 is 0.727 bits per heavy atom. The normalized spacial score (nSPS) is 20.5. The maximum Gasteiger partial charge on any atom is 0.0178 e. The first kappa shape index (κ1) is 25.4. The molecule has 0 saturated heterocycles. The van der Waals surface area contributed by atoms with Crippen molar-refractivity contribution in [3.8, 4) is 0 Å². The average molecular weight is 446 g/mol. The zero-order valence-electron chi connectivity index (χ0n) is 20.5. The topological polar surface area (TPSA) is 78.1 Å². The highest BCUT2D eigenvalue weighted by Crippen LogP contribution is 2.36. The molecule has 0 amide bonds. The van der Waals surface area contributed by atoms with E-state index in [1.807, 2.05) is 0 Å². The molecule has 1 aliphatic rings. The SMILES string of the molecule is CC(CCC(CCC(C)C1C=CC=CC1CN)c1ccc(CN)cc1)c1cccc(CN)c1. The van der Waals surface area contributed by atoms with Crippen LogP contribution in [0.2, 0.25) is 0 Å². The van der Waals surface area contributed by atoms with Crippen LogP contribution in [0, 0.1) is 17.8 Å². The van der Waals surface area contributed by atoms with Gasteiger partial charge in [0.1, 0.15) is 0 Å². The number of hydrogen-bond acceptors (Lipinski definition) is 3. The van der Waals surface area contributed by atoms with Gasteiger partial charge in [0.05, 0.1) is 0 Å². The molecular weight excluding hydrogens is 402 g/mol. The first-order chi connectivity index (χ1) is 16.0. The van der Waals surface area contributed by atoms with Crippen molar-refractivity contribution in [3.05, 3.63) is 95.1 Å². The quantitative estimate of drug-likeness (QED) is 0.375. The summed E-state index contributed by atoms with van der Waals surface area (Å²) in [6.07, 6.45) is 13.7. The molecule has 0 spiro atoms. The van der Waals surface area contributed by atoms with Gasteiger partial charge in [-0.25, -0.2) is 0 Å². The van der Waals surface area contributed by atoms with Crippen molar-refractivity contribution in [2.24, 2.45) is 35.0 Å². The molecule has 0 radical (unpaired) electrons. The second kappa shape index (κ2) is 12.9. The van der Waals surface area contributed by atoms with E-state index in [1.54, 1.807) is 0 Å². The van der Waals surface area contributed by atoms with Gasteiger partial charge in [0.2, 0.25) is 0 Å². The van der Waals surface area contributed by atoms with Gasteiger partial charge in [-0.15, -0.1) is 0 Å². The van der Waals surface area contributed by atoms with E-state index in [2.05, 4.69) is 86.7 Å². The predicted octanol–water partition coefficient (Wildman–Crippen LogP) is 6.00. The Balaban J connectivity index is 1.68. The summed E-state index contributed by atoms with van der Waals surface area (Å²) in [4.78, 5) is 0. The van der Waals surface area contributed by atoms with E-state index in [-0.39, 0.29) is 0 Å². The van der Waals surface area contributed by atoms with Crippen molar-refractivity contribution >= 4 is 0 Å². The van der Waals surface area contributed by atoms with E-state index in [4.69, 9.17) is 17.2 Å². The maximum atomic E-state index is 6.06. The molecule has 0 heterocycles. The molecule has 0 aromatic heterocycles. The lowest BCUT2D eigenvalue weighted by Gasteiger charge is -2.30. The highest BCUT2D eigenvalue weighted by molar-refractivity contribution is 5.27. The van der Waals surface area contributed by atoms with Crippen LogP contribution in [0.4, 0.5) is 0 Å². The van der Waals surface area contributed by atoms with Crippen LogP contribution in [0.5, 0.6) is 0 Å². The molecule has 0 fully saturated rings. The van der Waals surface area contributed by atoms with E-state index in [0.29, 0.717) is 42.7 Å². The third kappa shape index (κ3) is 7.14. The second-order valence-corrected chi connectivity index (χ2v) is 9.87. The molecular formula is C30H43N3. The van der Waals surface area contributed by atoms with Crippen molar-refractivity contribution in [1.82, 2.24) is 0 Å². The lowest BCUT2D eigenvalue weighted by atomic mass is 9.76. The highest BCUT2D eigenvalue weighted by Gasteiger charge is 2.24. The smallest absolute Gasteiger partial charge is 0.0178 e. The van der Waals surface area contributed by atoms with Gasteiger partial charge in [0.25, 0.3) is 0 Å². The lowest BCUT2D eigenvalue weighted by Crippen LogP contribution is -2.27. The van der Waals surface area contributed by atoms with Crippen molar-refractivity contribution < 1.29 is 0 Å². The van der Waals surface area contributed by atoms with Crippen LogP contribution < -0.4 is 17.2 Å². The average Bonchev–Trinajstić information content (AvgIpc) is 2.88. The highest BCUT2D eigenvalue weighted by atomic mass is 14.6. The first-order valence-corrected chi connectivity index (χ1v) is 12.7. The standard InChI is InChI=1S/C30H43N3/c1-22(28-8-5-6-25(18-28)20-32)10-14-26(27-16-12-24(19-31)13-17-27)15-11-23(2)30-9-4-3-7-29(30)21-33/h3-9,12-13,16-18,22-23,26,29-30H,10-11,14-15,19-21,31-33H2,1-2H3. The van der Waals surface area contributed by atoms with Gasteiger partial charge >= 0.3 is 0 Å². The molecule has 3 nitrogen and oxygen atoms in total. The summed E-state index contributed by atoms with van der Waals surface area (Å²) in [7, 11) is 0. The molecule has 178 valence electrons. The fraction of sp³-hybridized carbons (Fsp3) is 0.467. The summed E-state index contributed by atoms with van der Waals surface area (Å²) < 4.78 is 0. The largest absolute Gasteiger partial charge is 0.330 e. The van der Waals surface area contributed by atoms with Gasteiger partial charge < -0.3 is 17.2 Å². The van der Waals surface area contributed by atoms with Crippen LogP contribution >= 0.6 is 0 Å². The molecule has 5 atom stereocenters. The molecule has 3 rings (SSSR count). The third-order valence-electron chi connectivity index (χ3n) is 7.59. The molecule has 5 unspecified atom stereocenters. The maximum absolute atomic E-state index is 6.06. The minimum Gasteiger partial charge on any atom is -0.330 e. The first-order valence-electron chi connectivity index (χ1n) is 12.7. The minimum absolute atomic E-state index is 0.460. The van der Waals surface area contributed by atoms with Gasteiger partial charge in [-0.2, -0.15) is 0 Å². The van der Waals surface area contributed by atoms with E-state index in [9.17, 15) is 0 Å². The number of nitrogens with two attached hydrogens (primary N) is 3. The Labute approximate surface area is 201 Å². The van der Waals surface area contributed by atoms with Crippen LogP contribution in [-0.4, -0.2) is 6.54 Å². The number of allylic oxidation sites excluding steroid dienone is 3. The third-order valence-corrected chi connectivity index (χ3v) is 7.59. The Morgan fingerprint density at radius 2 is 1.42 bits per heavy atom. The van der Waals surface area contributed by atoms with Crippen LogP contribution in [0.25, 0.3) is 0 Å². The Kier molecular flexibility index (Phi) is 9.93. The molecule has 1 aliphatic carbocycles. The van der Waals surface area contributed by atoms with Gasteiger partial charge in [-0.3, -0.25) is 0 Å². The van der Waals surface area contributed by atoms with Gasteiger partial charge in [-0.05, 0) is 84.1 Å². The van der Waals surface area contributed by atoms with E-state index >= 15 is 0 Å². The van der Waals surface area contributed by atoms with E-state index in [0.717, 1.165) is 6.54 Å². The fourth-order valence-corrected chi connectivity index (χ4v) is 5.22. The number of hydrogen-bond donors (Lipinski definition) is 3. The molecule has 33 heavy (non-hydrogen) atoms. The summed E-state index contributed by atoms with van der Waals surface area (Å²) in [5, 5.41) is 0. The summed E-state index contributed by atoms with van der Waals surface area (Å²) in [6, 6.07) is 17.7. The van der Waals surface area contributed by atoms with Crippen molar-refractivity contribution in [2.45, 2.75) is 64.5 Å². The predicted molar refractivity (Wildman–Crippen MR) is 142 cm³/mol. The Morgan fingerprint density at radius 3 is 2.12 bits per heavy atom. The van der Waals surface area contributed by atoms with Gasteiger partial charge in [0, 0.05) is 13.1 Å². The molecule has 0 aliphatic heterocycles. The Hall–Kier alpha value is -2.20. The van der Waals surface area contributed by atoms with Crippen LogP contribution in [-0.2, 0) is 13.1 Å². The van der Waals surface area contributed by atoms with E-state index < -0.39 is 0 Å².